The van der Waals surface area contributed by atoms with Gasteiger partial charge in [-0.05, 0) is 44.6 Å². The zero-order valence-corrected chi connectivity index (χ0v) is 11.6. The summed E-state index contributed by atoms with van der Waals surface area (Å²) in [6.07, 6.45) is 4.32. The van der Waals surface area contributed by atoms with Gasteiger partial charge in [0.1, 0.15) is 5.60 Å². The number of carbonyl (C=O) groups excluding carboxylic acids is 1. The van der Waals surface area contributed by atoms with Crippen molar-refractivity contribution >= 4 is 5.78 Å². The second kappa shape index (κ2) is 3.45. The SMILES string of the molecule is C[C@@H]1[C@@H]2CC[C@@H](C)[C@@]3(C=C(C(C)(C)O)C(=O)[C@@H]13)O2. The maximum absolute atomic E-state index is 12.6. The van der Waals surface area contributed by atoms with Crippen LogP contribution in [0.3, 0.4) is 0 Å². The average molecular weight is 250 g/mol. The van der Waals surface area contributed by atoms with Crippen LogP contribution in [0, 0.1) is 17.8 Å². The van der Waals surface area contributed by atoms with Gasteiger partial charge in [-0.3, -0.25) is 4.79 Å². The first-order valence-corrected chi connectivity index (χ1v) is 6.95. The van der Waals surface area contributed by atoms with Crippen LogP contribution in [-0.2, 0) is 9.53 Å². The molecule has 3 heteroatoms. The molecule has 2 aliphatic heterocycles. The van der Waals surface area contributed by atoms with E-state index in [0.29, 0.717) is 11.5 Å². The molecule has 0 aromatic heterocycles. The average Bonchev–Trinajstić information content (AvgIpc) is 2.67. The number of ether oxygens (including phenoxy) is 1. The Kier molecular flexibility index (Phi) is 2.37. The quantitative estimate of drug-likeness (QED) is 0.775. The summed E-state index contributed by atoms with van der Waals surface area (Å²) >= 11 is 0. The Hall–Kier alpha value is -0.670. The van der Waals surface area contributed by atoms with Crippen LogP contribution in [0.1, 0.15) is 40.5 Å². The molecular weight excluding hydrogens is 228 g/mol. The van der Waals surface area contributed by atoms with E-state index in [-0.39, 0.29) is 23.7 Å². The Labute approximate surface area is 108 Å². The molecule has 0 amide bonds. The van der Waals surface area contributed by atoms with E-state index in [1.54, 1.807) is 13.8 Å². The van der Waals surface area contributed by atoms with Gasteiger partial charge in [0.05, 0.1) is 17.6 Å². The monoisotopic (exact) mass is 250 g/mol. The van der Waals surface area contributed by atoms with E-state index in [2.05, 4.69) is 13.8 Å². The van der Waals surface area contributed by atoms with Crippen molar-refractivity contribution in [1.82, 2.24) is 0 Å². The highest BCUT2D eigenvalue weighted by Crippen LogP contribution is 2.57. The number of rotatable bonds is 1. The van der Waals surface area contributed by atoms with Crippen LogP contribution in [0.5, 0.6) is 0 Å². The fourth-order valence-corrected chi connectivity index (χ4v) is 4.10. The molecule has 2 bridgehead atoms. The summed E-state index contributed by atoms with van der Waals surface area (Å²) in [4.78, 5) is 12.6. The van der Waals surface area contributed by atoms with Crippen LogP contribution in [-0.4, -0.2) is 28.2 Å². The van der Waals surface area contributed by atoms with Crippen LogP contribution in [0.2, 0.25) is 0 Å². The zero-order valence-electron chi connectivity index (χ0n) is 11.6. The van der Waals surface area contributed by atoms with E-state index >= 15 is 0 Å². The van der Waals surface area contributed by atoms with Crippen molar-refractivity contribution in [3.05, 3.63) is 11.6 Å². The lowest BCUT2D eigenvalue weighted by Gasteiger charge is -2.37. The lowest BCUT2D eigenvalue weighted by atomic mass is 9.76. The van der Waals surface area contributed by atoms with Crippen molar-refractivity contribution in [2.75, 3.05) is 0 Å². The van der Waals surface area contributed by atoms with E-state index in [0.717, 1.165) is 12.8 Å². The minimum atomic E-state index is -1.06. The molecule has 5 atom stereocenters. The molecule has 1 spiro atoms. The van der Waals surface area contributed by atoms with E-state index in [1.165, 1.54) is 0 Å². The van der Waals surface area contributed by atoms with Crippen molar-refractivity contribution in [3.63, 3.8) is 0 Å². The van der Waals surface area contributed by atoms with Crippen LogP contribution in [0.15, 0.2) is 11.6 Å². The molecule has 100 valence electrons. The number of Topliss-reactive ketones (excluding diaryl/α,β-unsaturated/α-hetero) is 1. The Morgan fingerprint density at radius 3 is 2.67 bits per heavy atom. The number of fused-ring (bicyclic) bond motifs is 1. The standard InChI is InChI=1S/C15H22O3/c1-8-5-6-11-9(2)12-13(16)10(14(3,4)17)7-15(8,12)18-11/h7-9,11-12,17H,5-6H2,1-4H3/t8-,9-,11+,12-,15-/m1/s1. The fraction of sp³-hybridized carbons (Fsp3) is 0.800. The third kappa shape index (κ3) is 1.35. The molecule has 2 heterocycles. The number of aliphatic hydroxyl groups is 1. The van der Waals surface area contributed by atoms with Crippen LogP contribution >= 0.6 is 0 Å². The summed E-state index contributed by atoms with van der Waals surface area (Å²) in [7, 11) is 0. The van der Waals surface area contributed by atoms with E-state index in [1.807, 2.05) is 6.08 Å². The maximum Gasteiger partial charge on any atom is 0.168 e. The number of hydrogen-bond acceptors (Lipinski definition) is 3. The molecule has 2 fully saturated rings. The summed E-state index contributed by atoms with van der Waals surface area (Å²) < 4.78 is 6.22. The molecule has 0 unspecified atom stereocenters. The lowest BCUT2D eigenvalue weighted by Crippen LogP contribution is -2.42. The minimum absolute atomic E-state index is 0.0820. The summed E-state index contributed by atoms with van der Waals surface area (Å²) in [5, 5.41) is 10.2. The molecule has 3 aliphatic rings. The summed E-state index contributed by atoms with van der Waals surface area (Å²) in [6, 6.07) is 0. The molecule has 2 saturated heterocycles. The van der Waals surface area contributed by atoms with E-state index < -0.39 is 11.2 Å². The van der Waals surface area contributed by atoms with Gasteiger partial charge in [0.2, 0.25) is 0 Å². The second-order valence-corrected chi connectivity index (χ2v) is 6.81. The largest absolute Gasteiger partial charge is 0.386 e. The highest BCUT2D eigenvalue weighted by molar-refractivity contribution is 6.03. The smallest absolute Gasteiger partial charge is 0.168 e. The van der Waals surface area contributed by atoms with Crippen molar-refractivity contribution < 1.29 is 14.6 Å². The van der Waals surface area contributed by atoms with E-state index in [4.69, 9.17) is 4.74 Å². The molecule has 0 aromatic rings. The van der Waals surface area contributed by atoms with Crippen LogP contribution < -0.4 is 0 Å². The Morgan fingerprint density at radius 2 is 2.06 bits per heavy atom. The molecule has 1 N–H and O–H groups in total. The molecule has 18 heavy (non-hydrogen) atoms. The Morgan fingerprint density at radius 1 is 1.39 bits per heavy atom. The van der Waals surface area contributed by atoms with E-state index in [9.17, 15) is 9.90 Å². The second-order valence-electron chi connectivity index (χ2n) is 6.81. The van der Waals surface area contributed by atoms with Crippen molar-refractivity contribution in [3.8, 4) is 0 Å². The van der Waals surface area contributed by atoms with Crippen molar-refractivity contribution in [1.29, 1.82) is 0 Å². The van der Waals surface area contributed by atoms with Crippen LogP contribution in [0.25, 0.3) is 0 Å². The summed E-state index contributed by atoms with van der Waals surface area (Å²) in [5.41, 5.74) is -0.952. The highest BCUT2D eigenvalue weighted by atomic mass is 16.5. The first-order chi connectivity index (χ1) is 8.27. The topological polar surface area (TPSA) is 46.5 Å². The normalized spacial score (nSPS) is 47.2. The third-order valence-corrected chi connectivity index (χ3v) is 5.19. The molecule has 0 saturated carbocycles. The first kappa shape index (κ1) is 12.4. The van der Waals surface area contributed by atoms with Gasteiger partial charge in [-0.2, -0.15) is 0 Å². The molecule has 3 nitrogen and oxygen atoms in total. The number of carbonyl (C=O) groups is 1. The molecule has 0 aromatic carbocycles. The van der Waals surface area contributed by atoms with Gasteiger partial charge in [-0.15, -0.1) is 0 Å². The fourth-order valence-electron chi connectivity index (χ4n) is 4.10. The Bertz CT molecular complexity index is 432. The van der Waals surface area contributed by atoms with Gasteiger partial charge >= 0.3 is 0 Å². The highest BCUT2D eigenvalue weighted by Gasteiger charge is 2.64. The molecular formula is C15H22O3. The molecule has 3 rings (SSSR count). The summed E-state index contributed by atoms with van der Waals surface area (Å²) in [6.45, 7) is 7.65. The van der Waals surface area contributed by atoms with Gasteiger partial charge in [-0.25, -0.2) is 0 Å². The number of ketones is 1. The Balaban J connectivity index is 2.10. The predicted molar refractivity (Wildman–Crippen MR) is 68.0 cm³/mol. The van der Waals surface area contributed by atoms with Gasteiger partial charge < -0.3 is 9.84 Å². The number of hydrogen-bond donors (Lipinski definition) is 1. The minimum Gasteiger partial charge on any atom is -0.386 e. The van der Waals surface area contributed by atoms with Crippen molar-refractivity contribution in [2.45, 2.75) is 57.8 Å². The van der Waals surface area contributed by atoms with Gasteiger partial charge in [0.15, 0.2) is 5.78 Å². The van der Waals surface area contributed by atoms with Crippen molar-refractivity contribution in [2.24, 2.45) is 17.8 Å². The molecule has 1 aliphatic carbocycles. The predicted octanol–water partition coefficient (Wildman–Crippen LogP) is 2.09. The van der Waals surface area contributed by atoms with Gasteiger partial charge in [0.25, 0.3) is 0 Å². The van der Waals surface area contributed by atoms with Gasteiger partial charge in [-0.1, -0.05) is 13.8 Å². The lowest BCUT2D eigenvalue weighted by molar-refractivity contribution is -0.127. The third-order valence-electron chi connectivity index (χ3n) is 5.19. The zero-order chi connectivity index (χ0) is 13.3. The molecule has 0 radical (unpaired) electrons. The first-order valence-electron chi connectivity index (χ1n) is 6.95. The van der Waals surface area contributed by atoms with Gasteiger partial charge in [0, 0.05) is 5.57 Å². The van der Waals surface area contributed by atoms with Crippen LogP contribution in [0.4, 0.5) is 0 Å². The summed E-state index contributed by atoms with van der Waals surface area (Å²) in [5.74, 6) is 0.638. The maximum atomic E-state index is 12.6.